The molecule has 10 aromatic rings. The number of rotatable bonds is 2. The van der Waals surface area contributed by atoms with Crippen LogP contribution in [0, 0.1) is 0 Å². The van der Waals surface area contributed by atoms with Gasteiger partial charge in [-0.25, -0.2) is 0 Å². The van der Waals surface area contributed by atoms with Crippen LogP contribution in [0.4, 0.5) is 0 Å². The fraction of sp³-hybridized carbons (Fsp3) is 0. The van der Waals surface area contributed by atoms with Crippen molar-refractivity contribution in [2.24, 2.45) is 0 Å². The Kier molecular flexibility index (Phi) is 4.75. The summed E-state index contributed by atoms with van der Waals surface area (Å²) in [6, 6.07) is 57.8. The van der Waals surface area contributed by atoms with Crippen LogP contribution in [0.3, 0.4) is 0 Å². The SMILES string of the molecule is c1cc(-n2c3ccccc3c3ccccc32)c2cc3ccc4c(-n5c6ccccc6c6ccccc65)cccc4c3cc2c1. The molecular formula is C42H26N2. The standard InChI is InChI=1S/C42H26N2/c1-5-17-37-30(12-1)31-13-2-6-18-38(31)43(37)41-22-10-16-29-34(41)24-23-28-26-36-27(25-35(28)29)11-9-21-42(36)44-39-19-7-3-14-32(39)33-15-4-8-20-40(33)44/h1-26H. The summed E-state index contributed by atoms with van der Waals surface area (Å²) < 4.78 is 4.86. The van der Waals surface area contributed by atoms with E-state index in [0.717, 1.165) is 0 Å². The van der Waals surface area contributed by atoms with Gasteiger partial charge in [-0.15, -0.1) is 0 Å². The van der Waals surface area contributed by atoms with E-state index < -0.39 is 0 Å². The van der Waals surface area contributed by atoms with Gasteiger partial charge in [0, 0.05) is 32.3 Å². The van der Waals surface area contributed by atoms with Crippen molar-refractivity contribution in [3.8, 4) is 11.4 Å². The van der Waals surface area contributed by atoms with E-state index in [4.69, 9.17) is 0 Å². The average molecular weight is 559 g/mol. The van der Waals surface area contributed by atoms with Crippen LogP contribution < -0.4 is 0 Å². The van der Waals surface area contributed by atoms with Gasteiger partial charge in [0.2, 0.25) is 0 Å². The van der Waals surface area contributed by atoms with Crippen molar-refractivity contribution in [2.75, 3.05) is 0 Å². The van der Waals surface area contributed by atoms with Crippen molar-refractivity contribution in [1.29, 1.82) is 0 Å². The third-order valence-electron chi connectivity index (χ3n) is 9.47. The van der Waals surface area contributed by atoms with Crippen molar-refractivity contribution in [3.63, 3.8) is 0 Å². The van der Waals surface area contributed by atoms with Crippen molar-refractivity contribution in [3.05, 3.63) is 158 Å². The average Bonchev–Trinajstić information content (AvgIpc) is 3.60. The summed E-state index contributed by atoms with van der Waals surface area (Å²) in [7, 11) is 0. The molecule has 0 saturated carbocycles. The summed E-state index contributed by atoms with van der Waals surface area (Å²) in [6.45, 7) is 0. The molecule has 0 amide bonds. The van der Waals surface area contributed by atoms with Crippen LogP contribution >= 0.6 is 0 Å². The Morgan fingerprint density at radius 1 is 0.250 bits per heavy atom. The van der Waals surface area contributed by atoms with Crippen molar-refractivity contribution in [2.45, 2.75) is 0 Å². The van der Waals surface area contributed by atoms with Crippen LogP contribution in [0.1, 0.15) is 0 Å². The van der Waals surface area contributed by atoms with Crippen molar-refractivity contribution < 1.29 is 0 Å². The minimum Gasteiger partial charge on any atom is -0.309 e. The first kappa shape index (κ1) is 23.7. The fourth-order valence-electron chi connectivity index (χ4n) is 7.59. The molecule has 0 aliphatic rings. The highest BCUT2D eigenvalue weighted by atomic mass is 15.0. The van der Waals surface area contributed by atoms with Crippen LogP contribution in [0.2, 0.25) is 0 Å². The molecule has 0 saturated heterocycles. The van der Waals surface area contributed by atoms with E-state index in [1.807, 2.05) is 0 Å². The number of benzene rings is 8. The molecule has 0 radical (unpaired) electrons. The van der Waals surface area contributed by atoms with Gasteiger partial charge >= 0.3 is 0 Å². The van der Waals surface area contributed by atoms with Crippen LogP contribution in [0.25, 0.3) is 87.3 Å². The molecule has 10 rings (SSSR count). The van der Waals surface area contributed by atoms with Gasteiger partial charge in [-0.3, -0.25) is 0 Å². The minimum atomic E-state index is 1.21. The summed E-state index contributed by atoms with van der Waals surface area (Å²) in [4.78, 5) is 0. The Hall–Kier alpha value is -5.86. The third-order valence-corrected chi connectivity index (χ3v) is 9.47. The predicted molar refractivity (Wildman–Crippen MR) is 188 cm³/mol. The molecule has 0 N–H and O–H groups in total. The van der Waals surface area contributed by atoms with Crippen LogP contribution in [-0.4, -0.2) is 9.13 Å². The quantitative estimate of drug-likeness (QED) is 0.147. The van der Waals surface area contributed by atoms with Gasteiger partial charge in [0.05, 0.1) is 33.4 Å². The first-order valence-electron chi connectivity index (χ1n) is 15.2. The van der Waals surface area contributed by atoms with Gasteiger partial charge < -0.3 is 9.13 Å². The maximum atomic E-state index is 2.43. The van der Waals surface area contributed by atoms with Crippen molar-refractivity contribution >= 4 is 75.9 Å². The molecular weight excluding hydrogens is 532 g/mol. The molecule has 0 atom stereocenters. The molecule has 2 aromatic heterocycles. The Labute approximate surface area is 253 Å². The second kappa shape index (κ2) is 8.82. The largest absolute Gasteiger partial charge is 0.309 e. The molecule has 8 aromatic carbocycles. The first-order valence-corrected chi connectivity index (χ1v) is 15.2. The highest BCUT2D eigenvalue weighted by Gasteiger charge is 2.17. The van der Waals surface area contributed by atoms with Crippen LogP contribution in [0.5, 0.6) is 0 Å². The zero-order valence-corrected chi connectivity index (χ0v) is 23.9. The van der Waals surface area contributed by atoms with Gasteiger partial charge in [-0.2, -0.15) is 0 Å². The number of hydrogen-bond acceptors (Lipinski definition) is 0. The van der Waals surface area contributed by atoms with Crippen LogP contribution in [0.15, 0.2) is 158 Å². The smallest absolute Gasteiger partial charge is 0.0541 e. The first-order chi connectivity index (χ1) is 21.8. The summed E-state index contributed by atoms with van der Waals surface area (Å²) >= 11 is 0. The normalized spacial score (nSPS) is 12.1. The van der Waals surface area contributed by atoms with E-state index in [2.05, 4.69) is 167 Å². The van der Waals surface area contributed by atoms with E-state index in [9.17, 15) is 0 Å². The number of fused-ring (bicyclic) bond motifs is 10. The molecule has 0 bridgehead atoms. The summed E-state index contributed by atoms with van der Waals surface area (Å²) in [5, 5.41) is 12.7. The summed E-state index contributed by atoms with van der Waals surface area (Å²) in [6.07, 6.45) is 0. The Bertz CT molecular complexity index is 2540. The maximum Gasteiger partial charge on any atom is 0.0541 e. The van der Waals surface area contributed by atoms with E-state index in [1.165, 1.54) is 87.3 Å². The molecule has 0 unspecified atom stereocenters. The minimum absolute atomic E-state index is 1.21. The van der Waals surface area contributed by atoms with Crippen molar-refractivity contribution in [1.82, 2.24) is 9.13 Å². The van der Waals surface area contributed by atoms with Gasteiger partial charge in [-0.1, -0.05) is 109 Å². The molecule has 0 aliphatic heterocycles. The Morgan fingerprint density at radius 2 is 0.659 bits per heavy atom. The number of hydrogen-bond donors (Lipinski definition) is 0. The van der Waals surface area contributed by atoms with Gasteiger partial charge in [-0.05, 0) is 70.1 Å². The lowest BCUT2D eigenvalue weighted by atomic mass is 9.96. The van der Waals surface area contributed by atoms with Crippen LogP contribution in [-0.2, 0) is 0 Å². The molecule has 2 heteroatoms. The molecule has 204 valence electrons. The van der Waals surface area contributed by atoms with Gasteiger partial charge in [0.25, 0.3) is 0 Å². The Balaban J connectivity index is 1.26. The molecule has 44 heavy (non-hydrogen) atoms. The van der Waals surface area contributed by atoms with E-state index in [1.54, 1.807) is 0 Å². The number of nitrogens with zero attached hydrogens (tertiary/aromatic N) is 2. The van der Waals surface area contributed by atoms with Gasteiger partial charge in [0.1, 0.15) is 0 Å². The summed E-state index contributed by atoms with van der Waals surface area (Å²) in [5.74, 6) is 0. The molecule has 0 fully saturated rings. The second-order valence-electron chi connectivity index (χ2n) is 11.7. The molecule has 0 aliphatic carbocycles. The zero-order valence-electron chi connectivity index (χ0n) is 23.9. The van der Waals surface area contributed by atoms with E-state index in [0.29, 0.717) is 0 Å². The zero-order chi connectivity index (χ0) is 28.8. The fourth-order valence-corrected chi connectivity index (χ4v) is 7.59. The highest BCUT2D eigenvalue weighted by Crippen LogP contribution is 2.39. The predicted octanol–water partition coefficient (Wildman–Crippen LogP) is 11.3. The van der Waals surface area contributed by atoms with E-state index in [-0.39, 0.29) is 0 Å². The molecule has 2 nitrogen and oxygen atoms in total. The maximum absolute atomic E-state index is 2.43. The lowest BCUT2D eigenvalue weighted by Crippen LogP contribution is -1.96. The third kappa shape index (κ3) is 3.14. The number of aromatic nitrogens is 2. The molecule has 0 spiro atoms. The molecule has 2 heterocycles. The monoisotopic (exact) mass is 558 g/mol. The van der Waals surface area contributed by atoms with Gasteiger partial charge in [0.15, 0.2) is 0 Å². The topological polar surface area (TPSA) is 9.86 Å². The highest BCUT2D eigenvalue weighted by molar-refractivity contribution is 6.17. The lowest BCUT2D eigenvalue weighted by molar-refractivity contribution is 1.20. The number of para-hydroxylation sites is 4. The van der Waals surface area contributed by atoms with E-state index >= 15 is 0 Å². The second-order valence-corrected chi connectivity index (χ2v) is 11.7. The lowest BCUT2D eigenvalue weighted by Gasteiger charge is -2.15. The summed E-state index contributed by atoms with van der Waals surface area (Å²) in [5.41, 5.74) is 7.35. The Morgan fingerprint density at radius 3 is 1.20 bits per heavy atom.